The van der Waals surface area contributed by atoms with Crippen molar-refractivity contribution in [1.29, 1.82) is 0 Å². The van der Waals surface area contributed by atoms with Gasteiger partial charge < -0.3 is 10.1 Å². The lowest BCUT2D eigenvalue weighted by atomic mass is 10.2. The number of carbonyl (C=O) groups is 1. The quantitative estimate of drug-likeness (QED) is 0.893. The van der Waals surface area contributed by atoms with E-state index in [9.17, 15) is 4.79 Å². The summed E-state index contributed by atoms with van der Waals surface area (Å²) in [5.74, 6) is 0.710. The molecule has 1 aliphatic carbocycles. The van der Waals surface area contributed by atoms with Gasteiger partial charge in [0.25, 0.3) is 0 Å². The Morgan fingerprint density at radius 3 is 2.67 bits per heavy atom. The average molecular weight is 248 g/mol. The third-order valence-corrected chi connectivity index (χ3v) is 3.43. The molecule has 2 amide bonds. The zero-order valence-electron chi connectivity index (χ0n) is 11.0. The average Bonchev–Trinajstić information content (AvgIpc) is 2.90. The van der Waals surface area contributed by atoms with Crippen LogP contribution in [0.25, 0.3) is 0 Å². The summed E-state index contributed by atoms with van der Waals surface area (Å²) in [6.45, 7) is 0. The molecule has 1 aliphatic rings. The summed E-state index contributed by atoms with van der Waals surface area (Å²) in [6, 6.07) is 7.80. The van der Waals surface area contributed by atoms with Crippen molar-refractivity contribution < 1.29 is 9.53 Å². The minimum atomic E-state index is -0.0635. The van der Waals surface area contributed by atoms with Crippen LogP contribution in [0.3, 0.4) is 0 Å². The molecule has 4 nitrogen and oxygen atoms in total. The number of rotatable bonds is 3. The zero-order valence-corrected chi connectivity index (χ0v) is 11.0. The van der Waals surface area contributed by atoms with E-state index in [1.807, 2.05) is 24.3 Å². The molecule has 0 unspecified atom stereocenters. The fourth-order valence-corrected chi connectivity index (χ4v) is 2.36. The Labute approximate surface area is 108 Å². The van der Waals surface area contributed by atoms with E-state index in [0.717, 1.165) is 18.5 Å². The number of para-hydroxylation sites is 2. The van der Waals surface area contributed by atoms with Crippen molar-refractivity contribution in [1.82, 2.24) is 5.32 Å². The number of anilines is 1. The smallest absolute Gasteiger partial charge is 0.321 e. The van der Waals surface area contributed by atoms with Gasteiger partial charge in [0.1, 0.15) is 5.75 Å². The van der Waals surface area contributed by atoms with E-state index in [2.05, 4.69) is 5.32 Å². The van der Waals surface area contributed by atoms with Crippen LogP contribution in [0.15, 0.2) is 24.3 Å². The van der Waals surface area contributed by atoms with E-state index in [-0.39, 0.29) is 6.03 Å². The maximum Gasteiger partial charge on any atom is 0.321 e. The fourth-order valence-electron chi connectivity index (χ4n) is 2.36. The van der Waals surface area contributed by atoms with E-state index in [4.69, 9.17) is 4.74 Å². The van der Waals surface area contributed by atoms with Crippen molar-refractivity contribution in [2.45, 2.75) is 31.7 Å². The molecule has 98 valence electrons. The second-order valence-corrected chi connectivity index (χ2v) is 4.66. The molecule has 0 bridgehead atoms. The van der Waals surface area contributed by atoms with Crippen molar-refractivity contribution in [3.05, 3.63) is 24.3 Å². The Balaban J connectivity index is 2.05. The fraction of sp³-hybridized carbons (Fsp3) is 0.500. The van der Waals surface area contributed by atoms with Crippen molar-refractivity contribution >= 4 is 11.7 Å². The Hall–Kier alpha value is -1.71. The molecule has 0 heterocycles. The zero-order chi connectivity index (χ0) is 13.0. The third kappa shape index (κ3) is 2.75. The number of carbonyl (C=O) groups excluding carboxylic acids is 1. The van der Waals surface area contributed by atoms with Crippen LogP contribution in [0.2, 0.25) is 0 Å². The topological polar surface area (TPSA) is 41.6 Å². The van der Waals surface area contributed by atoms with Gasteiger partial charge in [-0.25, -0.2) is 4.79 Å². The van der Waals surface area contributed by atoms with Gasteiger partial charge in [0, 0.05) is 13.1 Å². The molecule has 4 heteroatoms. The first kappa shape index (κ1) is 12.7. The monoisotopic (exact) mass is 248 g/mol. The van der Waals surface area contributed by atoms with Gasteiger partial charge in [0.2, 0.25) is 0 Å². The lowest BCUT2D eigenvalue weighted by Crippen LogP contribution is -2.42. The molecule has 0 aromatic heterocycles. The second kappa shape index (κ2) is 5.76. The van der Waals surface area contributed by atoms with Crippen molar-refractivity contribution in [2.75, 3.05) is 19.1 Å². The lowest BCUT2D eigenvalue weighted by Gasteiger charge is -2.22. The summed E-state index contributed by atoms with van der Waals surface area (Å²) in [7, 11) is 3.38. The highest BCUT2D eigenvalue weighted by Crippen LogP contribution is 2.27. The highest BCUT2D eigenvalue weighted by atomic mass is 16.5. The molecule has 0 atom stereocenters. The molecular weight excluding hydrogens is 228 g/mol. The highest BCUT2D eigenvalue weighted by molar-refractivity contribution is 5.93. The first-order valence-corrected chi connectivity index (χ1v) is 6.39. The molecule has 0 saturated heterocycles. The summed E-state index contributed by atoms with van der Waals surface area (Å²) in [5.41, 5.74) is 0.787. The van der Waals surface area contributed by atoms with E-state index < -0.39 is 0 Å². The number of hydrogen-bond donors (Lipinski definition) is 1. The van der Waals surface area contributed by atoms with Crippen LogP contribution in [0.1, 0.15) is 25.7 Å². The maximum atomic E-state index is 12.1. The second-order valence-electron chi connectivity index (χ2n) is 4.66. The largest absolute Gasteiger partial charge is 0.495 e. The molecule has 1 fully saturated rings. The van der Waals surface area contributed by atoms with Gasteiger partial charge in [-0.1, -0.05) is 25.0 Å². The van der Waals surface area contributed by atoms with Crippen LogP contribution < -0.4 is 15.0 Å². The molecule has 0 spiro atoms. The van der Waals surface area contributed by atoms with Crippen LogP contribution in [0, 0.1) is 0 Å². The Kier molecular flexibility index (Phi) is 4.07. The predicted molar refractivity (Wildman–Crippen MR) is 72.2 cm³/mol. The predicted octanol–water partition coefficient (Wildman–Crippen LogP) is 2.78. The van der Waals surface area contributed by atoms with Crippen LogP contribution in [0.4, 0.5) is 10.5 Å². The summed E-state index contributed by atoms with van der Waals surface area (Å²) in [4.78, 5) is 13.7. The highest BCUT2D eigenvalue weighted by Gasteiger charge is 2.20. The van der Waals surface area contributed by atoms with Gasteiger partial charge >= 0.3 is 6.03 Å². The van der Waals surface area contributed by atoms with Gasteiger partial charge in [0.15, 0.2) is 0 Å². The SMILES string of the molecule is COc1ccccc1N(C)C(=O)NC1CCCC1. The molecule has 1 N–H and O–H groups in total. The Morgan fingerprint density at radius 2 is 2.00 bits per heavy atom. The van der Waals surface area contributed by atoms with Crippen LogP contribution in [-0.4, -0.2) is 26.2 Å². The van der Waals surface area contributed by atoms with E-state index >= 15 is 0 Å². The van der Waals surface area contributed by atoms with Gasteiger partial charge in [0.05, 0.1) is 12.8 Å². The van der Waals surface area contributed by atoms with E-state index in [0.29, 0.717) is 11.8 Å². The number of methoxy groups -OCH3 is 1. The number of ether oxygens (including phenoxy) is 1. The Morgan fingerprint density at radius 1 is 1.33 bits per heavy atom. The normalized spacial score (nSPS) is 15.4. The number of urea groups is 1. The van der Waals surface area contributed by atoms with E-state index in [1.54, 1.807) is 19.1 Å². The van der Waals surface area contributed by atoms with E-state index in [1.165, 1.54) is 12.8 Å². The standard InChI is InChI=1S/C14H20N2O2/c1-16(12-9-5-6-10-13(12)18-2)14(17)15-11-7-3-4-8-11/h5-6,9-11H,3-4,7-8H2,1-2H3,(H,15,17). The molecular formula is C14H20N2O2. The van der Waals surface area contributed by atoms with Gasteiger partial charge in [-0.2, -0.15) is 0 Å². The molecule has 0 radical (unpaired) electrons. The minimum Gasteiger partial charge on any atom is -0.495 e. The summed E-state index contributed by atoms with van der Waals surface area (Å²) < 4.78 is 5.26. The van der Waals surface area contributed by atoms with Crippen LogP contribution in [0.5, 0.6) is 5.75 Å². The van der Waals surface area contributed by atoms with Gasteiger partial charge in [-0.15, -0.1) is 0 Å². The number of hydrogen-bond acceptors (Lipinski definition) is 2. The number of nitrogens with zero attached hydrogens (tertiary/aromatic N) is 1. The number of nitrogens with one attached hydrogen (secondary N) is 1. The van der Waals surface area contributed by atoms with Crippen molar-refractivity contribution in [3.8, 4) is 5.75 Å². The number of benzene rings is 1. The third-order valence-electron chi connectivity index (χ3n) is 3.43. The van der Waals surface area contributed by atoms with Crippen molar-refractivity contribution in [2.24, 2.45) is 0 Å². The summed E-state index contributed by atoms with van der Waals surface area (Å²) in [6.07, 6.45) is 4.60. The molecule has 1 aromatic carbocycles. The van der Waals surface area contributed by atoms with Crippen LogP contribution in [-0.2, 0) is 0 Å². The summed E-state index contributed by atoms with van der Waals surface area (Å²) >= 11 is 0. The minimum absolute atomic E-state index is 0.0635. The molecule has 1 saturated carbocycles. The van der Waals surface area contributed by atoms with Gasteiger partial charge in [-0.3, -0.25) is 4.90 Å². The first-order valence-electron chi connectivity index (χ1n) is 6.39. The summed E-state index contributed by atoms with van der Waals surface area (Å²) in [5, 5.41) is 3.06. The lowest BCUT2D eigenvalue weighted by molar-refractivity contribution is 0.243. The Bertz CT molecular complexity index is 414. The molecule has 2 rings (SSSR count). The first-order chi connectivity index (χ1) is 8.72. The maximum absolute atomic E-state index is 12.1. The molecule has 0 aliphatic heterocycles. The van der Waals surface area contributed by atoms with Gasteiger partial charge in [-0.05, 0) is 25.0 Å². The van der Waals surface area contributed by atoms with Crippen molar-refractivity contribution in [3.63, 3.8) is 0 Å². The molecule has 18 heavy (non-hydrogen) atoms. The molecule has 1 aromatic rings. The van der Waals surface area contributed by atoms with Crippen LogP contribution >= 0.6 is 0 Å². The number of amides is 2.